The molecule has 0 unspecified atom stereocenters. The maximum Gasteiger partial charge on any atom is 0.166 e. The van der Waals surface area contributed by atoms with E-state index in [1.807, 2.05) is 0 Å². The Morgan fingerprint density at radius 2 is 2.21 bits per heavy atom. The molecule has 0 aliphatic carbocycles. The largest absolute Gasteiger partial charge is 0.294 e. The molecular formula is C10H9BrClFO. The molecule has 0 aromatic heterocycles. The number of rotatable bonds is 4. The van der Waals surface area contributed by atoms with Gasteiger partial charge in [-0.25, -0.2) is 4.39 Å². The lowest BCUT2D eigenvalue weighted by molar-refractivity contribution is 0.0986. The number of carbonyl (C=O) groups excluding carboxylic acids is 1. The van der Waals surface area contributed by atoms with Crippen LogP contribution in [0.3, 0.4) is 0 Å². The van der Waals surface area contributed by atoms with Crippen LogP contribution in [-0.2, 0) is 5.88 Å². The fourth-order valence-corrected chi connectivity index (χ4v) is 1.69. The molecule has 0 heterocycles. The van der Waals surface area contributed by atoms with E-state index in [4.69, 9.17) is 11.6 Å². The molecule has 76 valence electrons. The van der Waals surface area contributed by atoms with Gasteiger partial charge in [-0.15, -0.1) is 11.6 Å². The van der Waals surface area contributed by atoms with Crippen molar-refractivity contribution in [3.05, 3.63) is 35.1 Å². The smallest absolute Gasteiger partial charge is 0.166 e. The molecular weight excluding hydrogens is 270 g/mol. The molecule has 0 fully saturated rings. The summed E-state index contributed by atoms with van der Waals surface area (Å²) in [5, 5.41) is 0.538. The second-order valence-electron chi connectivity index (χ2n) is 2.77. The summed E-state index contributed by atoms with van der Waals surface area (Å²) in [7, 11) is 0. The first-order valence-corrected chi connectivity index (χ1v) is 5.78. The van der Waals surface area contributed by atoms with E-state index in [1.54, 1.807) is 12.1 Å². The van der Waals surface area contributed by atoms with Crippen LogP contribution in [0.15, 0.2) is 18.2 Å². The van der Waals surface area contributed by atoms with Crippen LogP contribution in [0.1, 0.15) is 22.3 Å². The number of ketones is 1. The minimum absolute atomic E-state index is 0.0846. The molecule has 0 amide bonds. The highest BCUT2D eigenvalue weighted by atomic mass is 79.9. The molecule has 1 aromatic rings. The summed E-state index contributed by atoms with van der Waals surface area (Å²) in [6, 6.07) is 4.70. The summed E-state index contributed by atoms with van der Waals surface area (Å²) in [6.07, 6.45) is 0.294. The van der Waals surface area contributed by atoms with Crippen LogP contribution in [0, 0.1) is 5.82 Å². The van der Waals surface area contributed by atoms with Gasteiger partial charge in [0.25, 0.3) is 0 Å². The molecule has 0 aliphatic rings. The zero-order valence-corrected chi connectivity index (χ0v) is 9.74. The minimum Gasteiger partial charge on any atom is -0.294 e. The predicted molar refractivity (Wildman–Crippen MR) is 58.7 cm³/mol. The van der Waals surface area contributed by atoms with Crippen LogP contribution in [0.5, 0.6) is 0 Å². The zero-order chi connectivity index (χ0) is 10.6. The fraction of sp³-hybridized carbons (Fsp3) is 0.300. The summed E-state index contributed by atoms with van der Waals surface area (Å²) in [4.78, 5) is 11.4. The topological polar surface area (TPSA) is 17.1 Å². The number of benzene rings is 1. The van der Waals surface area contributed by atoms with Gasteiger partial charge >= 0.3 is 0 Å². The third kappa shape index (κ3) is 2.55. The van der Waals surface area contributed by atoms with E-state index in [0.29, 0.717) is 17.3 Å². The highest BCUT2D eigenvalue weighted by Gasteiger charge is 2.13. The predicted octanol–water partition coefficient (Wildman–Crippen LogP) is 3.53. The Morgan fingerprint density at radius 3 is 2.79 bits per heavy atom. The summed E-state index contributed by atoms with van der Waals surface area (Å²) in [5.74, 6) is -0.610. The lowest BCUT2D eigenvalue weighted by Crippen LogP contribution is -2.04. The minimum atomic E-state index is -0.492. The standard InChI is InChI=1S/C10H9BrClFO/c11-5-4-9(14)8-3-1-2-7(6-12)10(8)13/h1-3H,4-6H2. The normalized spacial score (nSPS) is 10.2. The SMILES string of the molecule is O=C(CCBr)c1cccc(CCl)c1F. The van der Waals surface area contributed by atoms with Crippen LogP contribution in [0.4, 0.5) is 4.39 Å². The number of alkyl halides is 2. The molecule has 1 rings (SSSR count). The molecule has 0 bridgehead atoms. The van der Waals surface area contributed by atoms with E-state index in [1.165, 1.54) is 6.07 Å². The van der Waals surface area contributed by atoms with Crippen molar-refractivity contribution in [2.24, 2.45) is 0 Å². The molecule has 0 spiro atoms. The quantitative estimate of drug-likeness (QED) is 0.609. The number of hydrogen-bond donors (Lipinski definition) is 0. The van der Waals surface area contributed by atoms with Crippen LogP contribution in [0.2, 0.25) is 0 Å². The third-order valence-electron chi connectivity index (χ3n) is 1.84. The summed E-state index contributed by atoms with van der Waals surface area (Å²) >= 11 is 8.66. The van der Waals surface area contributed by atoms with Gasteiger partial charge in [-0.3, -0.25) is 4.79 Å². The first-order chi connectivity index (χ1) is 6.70. The second kappa shape index (κ2) is 5.47. The lowest BCUT2D eigenvalue weighted by atomic mass is 10.1. The number of hydrogen-bond acceptors (Lipinski definition) is 1. The molecule has 0 atom stereocenters. The zero-order valence-electron chi connectivity index (χ0n) is 7.40. The van der Waals surface area contributed by atoms with E-state index in [-0.39, 0.29) is 17.2 Å². The molecule has 14 heavy (non-hydrogen) atoms. The highest BCUT2D eigenvalue weighted by molar-refractivity contribution is 9.09. The molecule has 0 saturated carbocycles. The summed E-state index contributed by atoms with van der Waals surface area (Å²) in [6.45, 7) is 0. The Morgan fingerprint density at radius 1 is 1.50 bits per heavy atom. The molecule has 1 aromatic carbocycles. The average molecular weight is 280 g/mol. The Labute approximate surface area is 95.4 Å². The van der Waals surface area contributed by atoms with Crippen LogP contribution < -0.4 is 0 Å². The molecule has 0 radical (unpaired) electrons. The molecule has 0 aliphatic heterocycles. The van der Waals surface area contributed by atoms with Gasteiger partial charge in [0.2, 0.25) is 0 Å². The molecule has 4 heteroatoms. The molecule has 1 nitrogen and oxygen atoms in total. The number of halogens is 3. The Kier molecular flexibility index (Phi) is 4.55. The van der Waals surface area contributed by atoms with Gasteiger partial charge < -0.3 is 0 Å². The maximum absolute atomic E-state index is 13.5. The van der Waals surface area contributed by atoms with E-state index >= 15 is 0 Å². The Balaban J connectivity index is 3.03. The van der Waals surface area contributed by atoms with Gasteiger partial charge in [0.05, 0.1) is 11.4 Å². The third-order valence-corrected chi connectivity index (χ3v) is 2.53. The van der Waals surface area contributed by atoms with E-state index in [9.17, 15) is 9.18 Å². The van der Waals surface area contributed by atoms with Crippen molar-refractivity contribution in [1.29, 1.82) is 0 Å². The highest BCUT2D eigenvalue weighted by Crippen LogP contribution is 2.16. The number of carbonyl (C=O) groups is 1. The van der Waals surface area contributed by atoms with Gasteiger partial charge in [0.1, 0.15) is 5.82 Å². The van der Waals surface area contributed by atoms with Gasteiger partial charge in [0, 0.05) is 17.3 Å². The first kappa shape index (κ1) is 11.7. The second-order valence-corrected chi connectivity index (χ2v) is 3.83. The van der Waals surface area contributed by atoms with Crippen molar-refractivity contribution < 1.29 is 9.18 Å². The lowest BCUT2D eigenvalue weighted by Gasteiger charge is -2.04. The number of Topliss-reactive ketones (excluding diaryl/α,β-unsaturated/α-hetero) is 1. The van der Waals surface area contributed by atoms with Crippen LogP contribution in [0.25, 0.3) is 0 Å². The van der Waals surface area contributed by atoms with Gasteiger partial charge in [-0.2, -0.15) is 0 Å². The average Bonchev–Trinajstić information content (AvgIpc) is 2.18. The van der Waals surface area contributed by atoms with Crippen molar-refractivity contribution in [3.8, 4) is 0 Å². The molecule has 0 saturated heterocycles. The molecule has 0 N–H and O–H groups in total. The van der Waals surface area contributed by atoms with Crippen molar-refractivity contribution in [1.82, 2.24) is 0 Å². The van der Waals surface area contributed by atoms with Crippen molar-refractivity contribution in [3.63, 3.8) is 0 Å². The fourth-order valence-electron chi connectivity index (χ4n) is 1.12. The van der Waals surface area contributed by atoms with Gasteiger partial charge in [-0.1, -0.05) is 28.1 Å². The first-order valence-electron chi connectivity index (χ1n) is 4.13. The van der Waals surface area contributed by atoms with Crippen molar-refractivity contribution >= 4 is 33.3 Å². The van der Waals surface area contributed by atoms with Gasteiger partial charge in [-0.05, 0) is 6.07 Å². The Hall–Kier alpha value is -0.410. The summed E-state index contributed by atoms with van der Waals surface area (Å²) < 4.78 is 13.5. The van der Waals surface area contributed by atoms with E-state index in [0.717, 1.165) is 0 Å². The van der Waals surface area contributed by atoms with E-state index in [2.05, 4.69) is 15.9 Å². The van der Waals surface area contributed by atoms with Crippen molar-refractivity contribution in [2.75, 3.05) is 5.33 Å². The van der Waals surface area contributed by atoms with Crippen molar-refractivity contribution in [2.45, 2.75) is 12.3 Å². The Bertz CT molecular complexity index is 341. The van der Waals surface area contributed by atoms with Crippen LogP contribution >= 0.6 is 27.5 Å². The monoisotopic (exact) mass is 278 g/mol. The summed E-state index contributed by atoms with van der Waals surface area (Å²) in [5.41, 5.74) is 0.495. The van der Waals surface area contributed by atoms with E-state index < -0.39 is 5.82 Å². The maximum atomic E-state index is 13.5. The van der Waals surface area contributed by atoms with Crippen LogP contribution in [-0.4, -0.2) is 11.1 Å². The van der Waals surface area contributed by atoms with Gasteiger partial charge in [0.15, 0.2) is 5.78 Å².